The summed E-state index contributed by atoms with van der Waals surface area (Å²) in [5, 5.41) is 4.92. The van der Waals surface area contributed by atoms with Crippen LogP contribution in [0.1, 0.15) is 32.6 Å². The van der Waals surface area contributed by atoms with Crippen molar-refractivity contribution in [3.05, 3.63) is 0 Å². The molecular weight excluding hydrogens is 260 g/mol. The molecule has 4 amide bonds. The van der Waals surface area contributed by atoms with Crippen LogP contribution in [0, 0.1) is 5.92 Å². The van der Waals surface area contributed by atoms with Crippen molar-refractivity contribution in [2.75, 3.05) is 19.6 Å². The molecule has 0 aromatic carbocycles. The van der Waals surface area contributed by atoms with E-state index in [-0.39, 0.29) is 24.3 Å². The van der Waals surface area contributed by atoms with E-state index in [0.29, 0.717) is 32.4 Å². The topological polar surface area (TPSA) is 105 Å². The fourth-order valence-electron chi connectivity index (χ4n) is 2.85. The molecule has 20 heavy (non-hydrogen) atoms. The van der Waals surface area contributed by atoms with Gasteiger partial charge in [-0.1, -0.05) is 13.3 Å². The molecule has 2 rings (SSSR count). The van der Waals surface area contributed by atoms with Gasteiger partial charge in [-0.3, -0.25) is 14.9 Å². The van der Waals surface area contributed by atoms with Gasteiger partial charge >= 0.3 is 6.03 Å². The Morgan fingerprint density at radius 1 is 1.50 bits per heavy atom. The molecule has 2 heterocycles. The van der Waals surface area contributed by atoms with E-state index >= 15 is 0 Å². The van der Waals surface area contributed by atoms with Gasteiger partial charge < -0.3 is 16.0 Å². The molecule has 4 N–H and O–H groups in total. The lowest BCUT2D eigenvalue weighted by Crippen LogP contribution is -2.59. The first-order valence-electron chi connectivity index (χ1n) is 7.12. The van der Waals surface area contributed by atoms with E-state index in [4.69, 9.17) is 5.73 Å². The van der Waals surface area contributed by atoms with E-state index in [2.05, 4.69) is 10.6 Å². The third-order valence-corrected chi connectivity index (χ3v) is 4.23. The molecule has 0 saturated carbocycles. The van der Waals surface area contributed by atoms with E-state index in [9.17, 15) is 14.4 Å². The number of amides is 4. The van der Waals surface area contributed by atoms with Crippen molar-refractivity contribution in [3.63, 3.8) is 0 Å². The summed E-state index contributed by atoms with van der Waals surface area (Å²) in [6.45, 7) is 3.38. The van der Waals surface area contributed by atoms with E-state index in [0.717, 1.165) is 6.42 Å². The minimum Gasteiger partial charge on any atom is -0.340 e. The largest absolute Gasteiger partial charge is 0.340 e. The van der Waals surface area contributed by atoms with Gasteiger partial charge in [-0.2, -0.15) is 0 Å². The first-order valence-corrected chi connectivity index (χ1v) is 7.12. The van der Waals surface area contributed by atoms with Crippen molar-refractivity contribution in [2.24, 2.45) is 11.7 Å². The molecule has 0 radical (unpaired) electrons. The van der Waals surface area contributed by atoms with E-state index in [1.165, 1.54) is 0 Å². The van der Waals surface area contributed by atoms with Crippen LogP contribution < -0.4 is 16.4 Å². The first kappa shape index (κ1) is 14.8. The van der Waals surface area contributed by atoms with Crippen LogP contribution in [0.5, 0.6) is 0 Å². The van der Waals surface area contributed by atoms with Crippen molar-refractivity contribution in [2.45, 2.75) is 38.1 Å². The number of carbonyl (C=O) groups is 3. The third kappa shape index (κ3) is 2.77. The number of nitrogens with zero attached hydrogens (tertiary/aromatic N) is 1. The van der Waals surface area contributed by atoms with E-state index < -0.39 is 11.6 Å². The Morgan fingerprint density at radius 2 is 2.25 bits per heavy atom. The number of rotatable bonds is 4. The second-order valence-corrected chi connectivity index (χ2v) is 5.62. The molecule has 0 aromatic rings. The maximum absolute atomic E-state index is 12.3. The summed E-state index contributed by atoms with van der Waals surface area (Å²) in [5.74, 6) is -0.145. The standard InChI is InChI=1S/C13H22N4O3/c1-2-9(7-14)6-10(18)17-5-3-4-13(8-17)11(19)15-12(20)16-13/h9H,2-8,14H2,1H3,(H2,15,16,19,20). The van der Waals surface area contributed by atoms with Crippen LogP contribution in [0.4, 0.5) is 4.79 Å². The van der Waals surface area contributed by atoms with E-state index in [1.807, 2.05) is 6.92 Å². The maximum Gasteiger partial charge on any atom is 0.322 e. The molecule has 2 saturated heterocycles. The zero-order chi connectivity index (χ0) is 14.8. The molecule has 7 heteroatoms. The molecule has 1 spiro atoms. The first-order chi connectivity index (χ1) is 9.50. The van der Waals surface area contributed by atoms with Crippen LogP contribution in [0.3, 0.4) is 0 Å². The third-order valence-electron chi connectivity index (χ3n) is 4.23. The van der Waals surface area contributed by atoms with Crippen LogP contribution in [0.25, 0.3) is 0 Å². The molecule has 2 fully saturated rings. The molecule has 0 bridgehead atoms. The SMILES string of the molecule is CCC(CN)CC(=O)N1CCCC2(C1)NC(=O)NC2=O. The van der Waals surface area contributed by atoms with Gasteiger partial charge in [0.1, 0.15) is 5.54 Å². The van der Waals surface area contributed by atoms with Crippen molar-refractivity contribution < 1.29 is 14.4 Å². The average Bonchev–Trinajstić information content (AvgIpc) is 2.69. The number of urea groups is 1. The number of hydrogen-bond donors (Lipinski definition) is 3. The van der Waals surface area contributed by atoms with Crippen molar-refractivity contribution in [3.8, 4) is 0 Å². The highest BCUT2D eigenvalue weighted by Gasteiger charge is 2.49. The molecule has 2 aliphatic rings. The van der Waals surface area contributed by atoms with Crippen LogP contribution >= 0.6 is 0 Å². The minimum absolute atomic E-state index is 0.00956. The Morgan fingerprint density at radius 3 is 2.80 bits per heavy atom. The average molecular weight is 282 g/mol. The summed E-state index contributed by atoms with van der Waals surface area (Å²) >= 11 is 0. The normalized spacial score (nSPS) is 27.4. The molecule has 0 aromatic heterocycles. The monoisotopic (exact) mass is 282 g/mol. The highest BCUT2D eigenvalue weighted by atomic mass is 16.2. The Balaban J connectivity index is 2.02. The lowest BCUT2D eigenvalue weighted by Gasteiger charge is -2.38. The summed E-state index contributed by atoms with van der Waals surface area (Å²) in [4.78, 5) is 37.2. The smallest absolute Gasteiger partial charge is 0.322 e. The fourth-order valence-corrected chi connectivity index (χ4v) is 2.85. The molecule has 0 aliphatic carbocycles. The highest BCUT2D eigenvalue weighted by Crippen LogP contribution is 2.25. The lowest BCUT2D eigenvalue weighted by molar-refractivity contribution is -0.137. The van der Waals surface area contributed by atoms with Crippen LogP contribution in [0.15, 0.2) is 0 Å². The van der Waals surface area contributed by atoms with Crippen LogP contribution in [-0.2, 0) is 9.59 Å². The van der Waals surface area contributed by atoms with Crippen LogP contribution in [-0.4, -0.2) is 47.9 Å². The number of hydrogen-bond acceptors (Lipinski definition) is 4. The summed E-state index contributed by atoms with van der Waals surface area (Å²) in [7, 11) is 0. The molecule has 2 aliphatic heterocycles. The number of nitrogens with two attached hydrogens (primary N) is 1. The highest BCUT2D eigenvalue weighted by molar-refractivity contribution is 6.07. The summed E-state index contributed by atoms with van der Waals surface area (Å²) < 4.78 is 0. The number of piperidine rings is 1. The number of likely N-dealkylation sites (tertiary alicyclic amines) is 1. The molecule has 2 atom stereocenters. The van der Waals surface area contributed by atoms with Gasteiger partial charge in [0.05, 0.1) is 6.54 Å². The summed E-state index contributed by atoms with van der Waals surface area (Å²) in [5.41, 5.74) is 4.69. The quantitative estimate of drug-likeness (QED) is 0.608. The Bertz CT molecular complexity index is 422. The van der Waals surface area contributed by atoms with Gasteiger partial charge in [0.25, 0.3) is 5.91 Å². The molecular formula is C13H22N4O3. The molecule has 7 nitrogen and oxygen atoms in total. The molecule has 112 valence electrons. The number of nitrogens with one attached hydrogen (secondary N) is 2. The van der Waals surface area contributed by atoms with Gasteiger partial charge in [0.15, 0.2) is 0 Å². The second-order valence-electron chi connectivity index (χ2n) is 5.62. The van der Waals surface area contributed by atoms with Gasteiger partial charge in [-0.05, 0) is 25.3 Å². The van der Waals surface area contributed by atoms with E-state index in [1.54, 1.807) is 4.90 Å². The Hall–Kier alpha value is -1.63. The summed E-state index contributed by atoms with van der Waals surface area (Å²) in [6, 6.07) is -0.474. The zero-order valence-corrected chi connectivity index (χ0v) is 11.8. The van der Waals surface area contributed by atoms with Crippen molar-refractivity contribution >= 4 is 17.8 Å². The predicted octanol–water partition coefficient (Wildman–Crippen LogP) is -0.438. The van der Waals surface area contributed by atoms with Crippen molar-refractivity contribution in [1.82, 2.24) is 15.5 Å². The number of imide groups is 1. The van der Waals surface area contributed by atoms with Crippen LogP contribution in [0.2, 0.25) is 0 Å². The van der Waals surface area contributed by atoms with Gasteiger partial charge in [-0.25, -0.2) is 4.79 Å². The second kappa shape index (κ2) is 5.78. The van der Waals surface area contributed by atoms with Gasteiger partial charge in [0.2, 0.25) is 5.91 Å². The Kier molecular flexibility index (Phi) is 4.27. The summed E-state index contributed by atoms with van der Waals surface area (Å²) in [6.07, 6.45) is 2.54. The predicted molar refractivity (Wildman–Crippen MR) is 72.7 cm³/mol. The maximum atomic E-state index is 12.3. The fraction of sp³-hybridized carbons (Fsp3) is 0.769. The van der Waals surface area contributed by atoms with Crippen molar-refractivity contribution in [1.29, 1.82) is 0 Å². The number of carbonyl (C=O) groups excluding carboxylic acids is 3. The van der Waals surface area contributed by atoms with Gasteiger partial charge in [0, 0.05) is 13.0 Å². The molecule has 2 unspecified atom stereocenters. The lowest BCUT2D eigenvalue weighted by atomic mass is 9.88. The zero-order valence-electron chi connectivity index (χ0n) is 11.8. The Labute approximate surface area is 118 Å². The van der Waals surface area contributed by atoms with Gasteiger partial charge in [-0.15, -0.1) is 0 Å². The minimum atomic E-state index is -0.935.